The lowest BCUT2D eigenvalue weighted by Crippen LogP contribution is -2.56. The van der Waals surface area contributed by atoms with Crippen LogP contribution in [0.5, 0.6) is 11.5 Å². The van der Waals surface area contributed by atoms with Crippen LogP contribution in [0.2, 0.25) is 0 Å². The first-order chi connectivity index (χ1) is 31.8. The number of alkyl carbamates (subject to hydrolysis) is 1. The number of nitrogens with one attached hydrogen (secondary N) is 3. The highest BCUT2D eigenvalue weighted by Crippen LogP contribution is 2.46. The molecule has 4 aromatic rings. The maximum atomic E-state index is 15.0. The van der Waals surface area contributed by atoms with Crippen molar-refractivity contribution in [3.63, 3.8) is 0 Å². The maximum Gasteiger partial charge on any atom is 0.408 e. The number of amides is 3. The number of rotatable bonds is 13. The third kappa shape index (κ3) is 11.3. The Morgan fingerprint density at radius 3 is 2.58 bits per heavy atom. The molecule has 3 aliphatic rings. The molecule has 6 atom stereocenters. The van der Waals surface area contributed by atoms with E-state index >= 15 is 0 Å². The molecule has 20 heteroatoms. The van der Waals surface area contributed by atoms with E-state index in [1.807, 2.05) is 37.4 Å². The van der Waals surface area contributed by atoms with E-state index in [9.17, 15) is 32.7 Å². The fourth-order valence-corrected chi connectivity index (χ4v) is 10.3. The van der Waals surface area contributed by atoms with Crippen LogP contribution in [0.4, 0.5) is 9.93 Å². The summed E-state index contributed by atoms with van der Waals surface area (Å²) >= 11 is 1.44. The average Bonchev–Trinajstić information content (AvgIpc) is 3.54. The number of aromatic nitrogens is 3. The Morgan fingerprint density at radius 1 is 1.09 bits per heavy atom. The summed E-state index contributed by atoms with van der Waals surface area (Å²) < 4.78 is 46.1. The number of benzene rings is 1. The van der Waals surface area contributed by atoms with Crippen LogP contribution in [-0.4, -0.2) is 125 Å². The number of carboxylic acid groups (broad SMARTS) is 1. The molecule has 360 valence electrons. The van der Waals surface area contributed by atoms with Gasteiger partial charge in [0.1, 0.15) is 47.0 Å². The Balaban J connectivity index is 1.18. The highest BCUT2D eigenvalue weighted by molar-refractivity contribution is 7.89. The van der Waals surface area contributed by atoms with Crippen molar-refractivity contribution in [3.8, 4) is 22.9 Å². The summed E-state index contributed by atoms with van der Waals surface area (Å²) in [4.78, 5) is 71.1. The molecule has 0 bridgehead atoms. The lowest BCUT2D eigenvalue weighted by Gasteiger charge is -2.34. The van der Waals surface area contributed by atoms with E-state index in [0.29, 0.717) is 53.1 Å². The molecule has 67 heavy (non-hydrogen) atoms. The van der Waals surface area contributed by atoms with Gasteiger partial charge in [-0.15, -0.1) is 11.3 Å². The molecule has 1 aromatic carbocycles. The van der Waals surface area contributed by atoms with Gasteiger partial charge in [-0.05, 0) is 63.8 Å². The summed E-state index contributed by atoms with van der Waals surface area (Å²) in [7, 11) is -1.10. The first-order valence-electron chi connectivity index (χ1n) is 22.5. The Kier molecular flexibility index (Phi) is 14.8. The van der Waals surface area contributed by atoms with Gasteiger partial charge in [0.2, 0.25) is 11.8 Å². The van der Waals surface area contributed by atoms with Crippen LogP contribution in [-0.2, 0) is 29.1 Å². The predicted octanol–water partition coefficient (Wildman–Crippen LogP) is 6.24. The van der Waals surface area contributed by atoms with Crippen LogP contribution >= 0.6 is 11.3 Å². The number of sulfonamides is 1. The van der Waals surface area contributed by atoms with Gasteiger partial charge in [-0.1, -0.05) is 51.8 Å². The molecular weight excluding hydrogens is 901 g/mol. The molecule has 1 aliphatic carbocycles. The number of hydrogen-bond acceptors (Lipinski definition) is 14. The first kappa shape index (κ1) is 49.1. The van der Waals surface area contributed by atoms with Gasteiger partial charge in [-0.25, -0.2) is 33.0 Å². The Labute approximate surface area is 394 Å². The van der Waals surface area contributed by atoms with E-state index in [-0.39, 0.29) is 43.4 Å². The number of ether oxygens (including phenoxy) is 3. The molecule has 0 spiro atoms. The van der Waals surface area contributed by atoms with Crippen molar-refractivity contribution >= 4 is 61.3 Å². The lowest BCUT2D eigenvalue weighted by molar-refractivity contribution is -0.145. The minimum absolute atomic E-state index is 0.00256. The van der Waals surface area contributed by atoms with E-state index in [4.69, 9.17) is 24.2 Å². The number of likely N-dealkylation sites (N-methyl/N-ethyl adjacent to an activating group) is 1. The van der Waals surface area contributed by atoms with Gasteiger partial charge in [0, 0.05) is 59.9 Å². The smallest absolute Gasteiger partial charge is 0.408 e. The van der Waals surface area contributed by atoms with Crippen molar-refractivity contribution < 1.29 is 46.9 Å². The normalized spacial score (nSPS) is 23.6. The number of pyridine rings is 2. The molecule has 2 fully saturated rings. The maximum absolute atomic E-state index is 15.0. The zero-order chi connectivity index (χ0) is 48.3. The zero-order valence-electron chi connectivity index (χ0n) is 38.9. The summed E-state index contributed by atoms with van der Waals surface area (Å²) in [6.07, 6.45) is 5.52. The van der Waals surface area contributed by atoms with E-state index < -0.39 is 75.1 Å². The van der Waals surface area contributed by atoms with Gasteiger partial charge < -0.3 is 40.2 Å². The third-order valence-corrected chi connectivity index (χ3v) is 14.8. The molecule has 2 aliphatic heterocycles. The number of thiazole rings is 1. The largest absolute Gasteiger partial charge is 0.497 e. The van der Waals surface area contributed by atoms with E-state index in [1.165, 1.54) is 35.5 Å². The van der Waals surface area contributed by atoms with Crippen LogP contribution in [0.3, 0.4) is 0 Å². The number of allylic oxidation sites excluding steroid dienone is 1. The molecular formula is C47H60N8O10S2. The first-order valence-corrected chi connectivity index (χ1v) is 24.9. The van der Waals surface area contributed by atoms with Gasteiger partial charge in [0.25, 0.3) is 10.0 Å². The Bertz CT molecular complexity index is 2600. The summed E-state index contributed by atoms with van der Waals surface area (Å²) in [5.74, 6) is -1.83. The number of hydrogen-bond donors (Lipinski definition) is 4. The van der Waals surface area contributed by atoms with Crippen molar-refractivity contribution in [1.82, 2.24) is 34.8 Å². The van der Waals surface area contributed by atoms with Crippen LogP contribution in [0.25, 0.3) is 22.3 Å². The monoisotopic (exact) mass is 960 g/mol. The Hall–Kier alpha value is -5.86. The molecule has 3 aromatic heterocycles. The molecule has 18 nitrogen and oxygen atoms in total. The van der Waals surface area contributed by atoms with E-state index in [1.54, 1.807) is 58.2 Å². The molecule has 1 saturated carbocycles. The number of anilines is 1. The second-order valence-corrected chi connectivity index (χ2v) is 21.6. The van der Waals surface area contributed by atoms with Crippen LogP contribution in [0, 0.1) is 11.3 Å². The highest BCUT2D eigenvalue weighted by atomic mass is 32.2. The molecule has 3 amide bonds. The van der Waals surface area contributed by atoms with Gasteiger partial charge in [0.15, 0.2) is 10.2 Å². The summed E-state index contributed by atoms with van der Waals surface area (Å²) in [5, 5.41) is 22.4. The van der Waals surface area contributed by atoms with Crippen LogP contribution in [0.1, 0.15) is 79.6 Å². The highest BCUT2D eigenvalue weighted by Gasteiger charge is 2.61. The zero-order valence-corrected chi connectivity index (χ0v) is 40.5. The molecule has 5 heterocycles. The summed E-state index contributed by atoms with van der Waals surface area (Å²) in [5.41, 5.74) is -0.581. The quantitative estimate of drug-likeness (QED) is 0.109. The van der Waals surface area contributed by atoms with Gasteiger partial charge in [-0.3, -0.25) is 9.59 Å². The summed E-state index contributed by atoms with van der Waals surface area (Å²) in [6.45, 7) is 9.17. The molecule has 1 unspecified atom stereocenters. The topological polar surface area (TPSA) is 232 Å². The molecule has 7 rings (SSSR count). The van der Waals surface area contributed by atoms with Crippen LogP contribution in [0.15, 0.2) is 71.2 Å². The third-order valence-electron chi connectivity index (χ3n) is 12.3. The van der Waals surface area contributed by atoms with Gasteiger partial charge >= 0.3 is 12.1 Å². The van der Waals surface area contributed by atoms with Crippen molar-refractivity contribution in [3.05, 3.63) is 66.2 Å². The standard InChI is InChI=1S/C47H60N8O10S2/c1-28(2)49-44-51-36(27-66-44)35-23-38(32-19-18-30(63-7)21-34(32)50-35)64-31-22-37-41(56)53-47(43(58)59)24-29(47)15-11-9-8-10-12-16-33(42(57)55(37)25-31)52-45(60)65-39(46(3,4)5)26-54(6)67(61,62)40-17-13-14-20-48-40/h11,13-15,17-21,23,27-29,31,33,37,39H,8-10,12,16,22,24-26H2,1-7H3,(H,49,51)(H,52,60)(H,53,56)(H,58,59)/b15-11-/t29?,31-,33+,37+,39-,47-/m1/s1. The van der Waals surface area contributed by atoms with E-state index in [2.05, 4.69) is 20.9 Å². The molecule has 4 N–H and O–H groups in total. The number of nitrogens with zero attached hydrogens (tertiary/aromatic N) is 5. The van der Waals surface area contributed by atoms with Crippen molar-refractivity contribution in [2.24, 2.45) is 11.3 Å². The van der Waals surface area contributed by atoms with Crippen molar-refractivity contribution in [2.45, 2.75) is 120 Å². The second kappa shape index (κ2) is 20.2. The molecule has 1 saturated heterocycles. The lowest BCUT2D eigenvalue weighted by atomic mass is 9.89. The predicted molar refractivity (Wildman–Crippen MR) is 252 cm³/mol. The fourth-order valence-electron chi connectivity index (χ4n) is 8.35. The number of carboxylic acids is 1. The molecule has 0 radical (unpaired) electrons. The number of carbonyl (C=O) groups is 4. The average molecular weight is 961 g/mol. The minimum Gasteiger partial charge on any atom is -0.497 e. The minimum atomic E-state index is -4.04. The number of carbonyl (C=O) groups excluding carboxylic acids is 3. The Morgan fingerprint density at radius 2 is 1.88 bits per heavy atom. The van der Waals surface area contributed by atoms with Crippen LogP contribution < -0.4 is 25.4 Å². The second-order valence-electron chi connectivity index (χ2n) is 18.8. The SMILES string of the molecule is COc1ccc2c(O[C@@H]3C[C@H]4C(=O)N[C@]5(C(=O)O)CC5/C=C\CCCCC[C@H](NC(=O)O[C@H](CN(C)S(=O)(=O)c5ccccn5)C(C)(C)C)C(=O)N4C3)cc(-c3csc(NC(C)C)n3)nc2c1. The number of fused-ring (bicyclic) bond motifs is 3. The van der Waals surface area contributed by atoms with E-state index in [0.717, 1.165) is 15.9 Å². The van der Waals surface area contributed by atoms with Crippen molar-refractivity contribution in [1.29, 1.82) is 0 Å². The van der Waals surface area contributed by atoms with Gasteiger partial charge in [-0.2, -0.15) is 4.31 Å². The number of aliphatic carboxylic acids is 1. The van der Waals surface area contributed by atoms with Gasteiger partial charge in [0.05, 0.1) is 31.4 Å². The summed E-state index contributed by atoms with van der Waals surface area (Å²) in [6, 6.07) is 9.52. The fraction of sp³-hybridized carbons (Fsp3) is 0.511. The van der Waals surface area contributed by atoms with Crippen molar-refractivity contribution in [2.75, 3.05) is 32.6 Å². The number of methoxy groups -OCH3 is 1.